The third-order valence-electron chi connectivity index (χ3n) is 6.95. The molecule has 3 nitrogen and oxygen atoms in total. The van der Waals surface area contributed by atoms with E-state index in [1.54, 1.807) is 0 Å². The van der Waals surface area contributed by atoms with Crippen LogP contribution in [-0.2, 0) is 10.2 Å². The highest BCUT2D eigenvalue weighted by Crippen LogP contribution is 2.59. The predicted octanol–water partition coefficient (Wildman–Crippen LogP) is 3.16. The Bertz CT molecular complexity index is 642. The molecule has 3 fully saturated rings. The number of benzene rings is 1. The van der Waals surface area contributed by atoms with Gasteiger partial charge < -0.3 is 10.2 Å². The largest absolute Gasteiger partial charge is 0.381 e. The van der Waals surface area contributed by atoms with Gasteiger partial charge in [-0.3, -0.25) is 4.79 Å². The first-order valence-electron chi connectivity index (χ1n) is 8.89. The van der Waals surface area contributed by atoms with Crippen molar-refractivity contribution >= 4 is 11.6 Å². The number of carbonyl (C=O) groups is 1. The Kier molecular flexibility index (Phi) is 2.52. The van der Waals surface area contributed by atoms with Gasteiger partial charge in [0.05, 0.1) is 0 Å². The summed E-state index contributed by atoms with van der Waals surface area (Å²) in [4.78, 5) is 15.1. The van der Waals surface area contributed by atoms with Crippen molar-refractivity contribution in [1.82, 2.24) is 4.90 Å². The minimum atomic E-state index is 0.0509. The van der Waals surface area contributed by atoms with Gasteiger partial charge in [-0.25, -0.2) is 0 Å². The first-order chi connectivity index (χ1) is 10.7. The Morgan fingerprint density at radius 1 is 1.32 bits per heavy atom. The molecule has 3 heterocycles. The Morgan fingerprint density at radius 3 is 3.05 bits per heavy atom. The molecule has 1 amide bonds. The molecule has 0 aromatic heterocycles. The van der Waals surface area contributed by atoms with Crippen molar-refractivity contribution in [1.29, 1.82) is 0 Å². The summed E-state index contributed by atoms with van der Waals surface area (Å²) in [5, 5.41) is 3.75. The fraction of sp³-hybridized carbons (Fsp3) is 0.632. The third kappa shape index (κ3) is 1.40. The lowest BCUT2D eigenvalue weighted by Crippen LogP contribution is -2.59. The molecule has 1 aromatic rings. The molecule has 2 saturated heterocycles. The van der Waals surface area contributed by atoms with Gasteiger partial charge in [0, 0.05) is 36.2 Å². The predicted molar refractivity (Wildman–Crippen MR) is 86.8 cm³/mol. The summed E-state index contributed by atoms with van der Waals surface area (Å²) in [6.07, 6.45) is 5.74. The average Bonchev–Trinajstić information content (AvgIpc) is 3.03. The maximum absolute atomic E-state index is 12.9. The van der Waals surface area contributed by atoms with Crippen LogP contribution in [0.5, 0.6) is 0 Å². The van der Waals surface area contributed by atoms with Crippen molar-refractivity contribution in [3.63, 3.8) is 0 Å². The minimum absolute atomic E-state index is 0.0509. The highest BCUT2D eigenvalue weighted by molar-refractivity contribution is 5.85. The summed E-state index contributed by atoms with van der Waals surface area (Å²) in [5.74, 6) is 1.81. The number of carbonyl (C=O) groups excluding carboxylic acids is 1. The highest BCUT2D eigenvalue weighted by Gasteiger charge is 2.65. The van der Waals surface area contributed by atoms with Crippen LogP contribution in [0, 0.1) is 11.8 Å². The van der Waals surface area contributed by atoms with E-state index in [9.17, 15) is 4.79 Å². The van der Waals surface area contributed by atoms with E-state index in [1.165, 1.54) is 36.9 Å². The molecule has 0 unspecified atom stereocenters. The van der Waals surface area contributed by atoms with Crippen LogP contribution in [0.3, 0.4) is 0 Å². The zero-order chi connectivity index (χ0) is 14.9. The van der Waals surface area contributed by atoms with Crippen LogP contribution in [0.25, 0.3) is 0 Å². The van der Waals surface area contributed by atoms with Crippen molar-refractivity contribution in [3.05, 3.63) is 29.8 Å². The van der Waals surface area contributed by atoms with Gasteiger partial charge in [0.15, 0.2) is 0 Å². The summed E-state index contributed by atoms with van der Waals surface area (Å²) in [6, 6.07) is 9.62. The Hall–Kier alpha value is -1.51. The van der Waals surface area contributed by atoms with Gasteiger partial charge in [0.2, 0.25) is 5.91 Å². The molecule has 5 rings (SSSR count). The number of anilines is 1. The van der Waals surface area contributed by atoms with Crippen LogP contribution in [-0.4, -0.2) is 29.4 Å². The number of rotatable bonds is 1. The molecule has 1 spiro atoms. The molecule has 3 aliphatic heterocycles. The van der Waals surface area contributed by atoms with Gasteiger partial charge in [-0.05, 0) is 42.7 Å². The number of piperidine rings is 1. The van der Waals surface area contributed by atoms with Crippen LogP contribution in [0.4, 0.5) is 5.69 Å². The van der Waals surface area contributed by atoms with E-state index in [0.29, 0.717) is 29.8 Å². The number of fused-ring (bicyclic) bond motifs is 1. The molecule has 22 heavy (non-hydrogen) atoms. The van der Waals surface area contributed by atoms with E-state index < -0.39 is 0 Å². The number of hydrogen-bond donors (Lipinski definition) is 1. The summed E-state index contributed by atoms with van der Waals surface area (Å²) in [5.41, 5.74) is 2.75. The molecule has 1 N–H and O–H groups in total. The lowest BCUT2D eigenvalue weighted by atomic mass is 9.59. The molecule has 116 valence electrons. The van der Waals surface area contributed by atoms with Crippen LogP contribution in [0.2, 0.25) is 0 Å². The molecule has 1 aliphatic carbocycles. The number of hydrogen-bond acceptors (Lipinski definition) is 2. The molecule has 4 aliphatic rings. The van der Waals surface area contributed by atoms with Crippen molar-refractivity contribution in [2.75, 3.05) is 11.9 Å². The zero-order valence-corrected chi connectivity index (χ0v) is 13.2. The number of nitrogens with zero attached hydrogens (tertiary/aromatic N) is 1. The van der Waals surface area contributed by atoms with E-state index in [2.05, 4.69) is 41.4 Å². The van der Waals surface area contributed by atoms with E-state index in [4.69, 9.17) is 0 Å². The molecular formula is C19H24N2O. The van der Waals surface area contributed by atoms with Gasteiger partial charge in [-0.2, -0.15) is 0 Å². The topological polar surface area (TPSA) is 32.3 Å². The third-order valence-corrected chi connectivity index (χ3v) is 6.95. The Morgan fingerprint density at radius 2 is 2.18 bits per heavy atom. The smallest absolute Gasteiger partial charge is 0.223 e. The van der Waals surface area contributed by atoms with Gasteiger partial charge in [0.1, 0.15) is 0 Å². The molecule has 3 heteroatoms. The second kappa shape index (κ2) is 4.27. The normalized spacial score (nSPS) is 41.7. The summed E-state index contributed by atoms with van der Waals surface area (Å²) in [7, 11) is 0. The molecular weight excluding hydrogens is 272 g/mol. The first-order valence-corrected chi connectivity index (χ1v) is 8.89. The van der Waals surface area contributed by atoms with E-state index >= 15 is 0 Å². The molecule has 5 atom stereocenters. The lowest BCUT2D eigenvalue weighted by molar-refractivity contribution is -0.132. The number of nitrogens with one attached hydrogen (secondary N) is 1. The molecule has 0 radical (unpaired) electrons. The molecule has 1 saturated carbocycles. The number of para-hydroxylation sites is 1. The van der Waals surface area contributed by atoms with Gasteiger partial charge in [-0.1, -0.05) is 31.5 Å². The molecule has 0 bridgehead atoms. The van der Waals surface area contributed by atoms with Crippen molar-refractivity contribution in [2.45, 2.75) is 56.5 Å². The highest BCUT2D eigenvalue weighted by atomic mass is 16.2. The van der Waals surface area contributed by atoms with Crippen molar-refractivity contribution < 1.29 is 4.79 Å². The second-order valence-electron chi connectivity index (χ2n) is 7.80. The molecule has 1 aromatic carbocycles. The second-order valence-corrected chi connectivity index (χ2v) is 7.80. The fourth-order valence-corrected chi connectivity index (χ4v) is 6.07. The van der Waals surface area contributed by atoms with Crippen LogP contribution in [0.15, 0.2) is 24.3 Å². The fourth-order valence-electron chi connectivity index (χ4n) is 6.07. The maximum Gasteiger partial charge on any atom is 0.223 e. The van der Waals surface area contributed by atoms with Crippen LogP contribution < -0.4 is 5.32 Å². The average molecular weight is 296 g/mol. The van der Waals surface area contributed by atoms with Crippen LogP contribution in [0.1, 0.15) is 44.6 Å². The van der Waals surface area contributed by atoms with Gasteiger partial charge in [0.25, 0.3) is 0 Å². The van der Waals surface area contributed by atoms with Gasteiger partial charge in [-0.15, -0.1) is 0 Å². The summed E-state index contributed by atoms with van der Waals surface area (Å²) >= 11 is 0. The number of amides is 1. The quantitative estimate of drug-likeness (QED) is 0.863. The summed E-state index contributed by atoms with van der Waals surface area (Å²) < 4.78 is 0. The monoisotopic (exact) mass is 296 g/mol. The van der Waals surface area contributed by atoms with Crippen molar-refractivity contribution in [3.8, 4) is 0 Å². The summed E-state index contributed by atoms with van der Waals surface area (Å²) in [6.45, 7) is 3.27. The minimum Gasteiger partial charge on any atom is -0.381 e. The first kappa shape index (κ1) is 13.0. The maximum atomic E-state index is 12.9. The van der Waals surface area contributed by atoms with E-state index in [-0.39, 0.29) is 5.41 Å². The van der Waals surface area contributed by atoms with Crippen LogP contribution >= 0.6 is 0 Å². The van der Waals surface area contributed by atoms with Crippen molar-refractivity contribution in [2.24, 2.45) is 11.8 Å². The zero-order valence-electron chi connectivity index (χ0n) is 13.2. The Balaban J connectivity index is 1.66. The lowest BCUT2D eigenvalue weighted by Gasteiger charge is -2.52. The van der Waals surface area contributed by atoms with E-state index in [1.807, 2.05) is 0 Å². The van der Waals surface area contributed by atoms with Gasteiger partial charge >= 0.3 is 0 Å². The van der Waals surface area contributed by atoms with E-state index in [0.717, 1.165) is 13.0 Å². The Labute approximate surface area is 132 Å². The standard InChI is InChI=1S/C19H24N2O/c1-2-12-9-13-7-8-16-19(10-17(22)21(11-12)18(13)19)14-5-3-4-6-15(14)20-16/h3-6,12-13,16,18,20H,2,7-11H2,1H3/t12-,13-,16-,18-,19-/m1/s1. The SMILES string of the molecule is CC[C@@H]1C[C@H]2CC[C@H]3Nc4ccccc4[C@]34CC(=O)N(C1)[C@H]24.